The molecule has 0 saturated heterocycles. The number of hydrogen-bond donors (Lipinski definition) is 1. The van der Waals surface area contributed by atoms with E-state index in [9.17, 15) is 4.39 Å². The summed E-state index contributed by atoms with van der Waals surface area (Å²) in [6.45, 7) is 4.40. The molecule has 2 aromatic rings. The van der Waals surface area contributed by atoms with Crippen molar-refractivity contribution in [1.82, 2.24) is 4.98 Å². The lowest BCUT2D eigenvalue weighted by molar-refractivity contribution is 0.337. The van der Waals surface area contributed by atoms with E-state index in [1.807, 2.05) is 26.0 Å². The molecule has 0 aliphatic heterocycles. The normalized spacial score (nSPS) is 13.8. The smallest absolute Gasteiger partial charge is 0.137 e. The van der Waals surface area contributed by atoms with Gasteiger partial charge >= 0.3 is 0 Å². The van der Waals surface area contributed by atoms with Crippen LogP contribution < -0.4 is 10.5 Å². The summed E-state index contributed by atoms with van der Waals surface area (Å²) in [5.74, 6) is 0.445. The topological polar surface area (TPSA) is 48.1 Å². The van der Waals surface area contributed by atoms with Crippen molar-refractivity contribution in [2.45, 2.75) is 25.8 Å². The highest BCUT2D eigenvalue weighted by Crippen LogP contribution is 2.25. The molecule has 0 aliphatic carbocycles. The molecule has 0 saturated carbocycles. The maximum atomic E-state index is 13.2. The fraction of sp³-hybridized carbons (Fsp3) is 0.312. The number of pyridine rings is 1. The lowest BCUT2D eigenvalue weighted by Gasteiger charge is -2.25. The van der Waals surface area contributed by atoms with Crippen molar-refractivity contribution in [1.29, 1.82) is 0 Å². The van der Waals surface area contributed by atoms with Crippen molar-refractivity contribution in [2.75, 3.05) is 6.61 Å². The Labute approximate surface area is 118 Å². The van der Waals surface area contributed by atoms with E-state index in [0.29, 0.717) is 18.8 Å². The number of nitrogens with zero attached hydrogens (tertiary/aromatic N) is 1. The SMILES string of the molecule is CCOc1cncc(C(C)(N)Cc2cccc(F)c2)c1. The third-order valence-electron chi connectivity index (χ3n) is 3.14. The number of rotatable bonds is 5. The average molecular weight is 274 g/mol. The lowest BCUT2D eigenvalue weighted by Crippen LogP contribution is -2.35. The molecule has 106 valence electrons. The number of ether oxygens (including phenoxy) is 1. The summed E-state index contributed by atoms with van der Waals surface area (Å²) in [6, 6.07) is 8.37. The van der Waals surface area contributed by atoms with Crippen molar-refractivity contribution in [2.24, 2.45) is 5.73 Å². The van der Waals surface area contributed by atoms with E-state index >= 15 is 0 Å². The molecular formula is C16H19FN2O. The van der Waals surface area contributed by atoms with Crippen molar-refractivity contribution in [3.05, 3.63) is 59.7 Å². The molecule has 2 N–H and O–H groups in total. The molecule has 1 atom stereocenters. The molecule has 1 unspecified atom stereocenters. The van der Waals surface area contributed by atoms with Crippen LogP contribution in [0.15, 0.2) is 42.7 Å². The molecule has 0 radical (unpaired) electrons. The maximum absolute atomic E-state index is 13.2. The molecule has 1 heterocycles. The molecule has 0 amide bonds. The first-order chi connectivity index (χ1) is 9.51. The third kappa shape index (κ3) is 3.54. The number of nitrogens with two attached hydrogens (primary N) is 1. The Morgan fingerprint density at radius 3 is 2.80 bits per heavy atom. The van der Waals surface area contributed by atoms with E-state index in [1.54, 1.807) is 18.5 Å². The van der Waals surface area contributed by atoms with Crippen LogP contribution >= 0.6 is 0 Å². The largest absolute Gasteiger partial charge is 0.492 e. The second kappa shape index (κ2) is 6.01. The van der Waals surface area contributed by atoms with E-state index in [1.165, 1.54) is 12.1 Å². The molecule has 1 aromatic carbocycles. The molecule has 0 spiro atoms. The Morgan fingerprint density at radius 1 is 1.30 bits per heavy atom. The molecule has 20 heavy (non-hydrogen) atoms. The number of benzene rings is 1. The van der Waals surface area contributed by atoms with Crippen molar-refractivity contribution in [3.63, 3.8) is 0 Å². The highest BCUT2D eigenvalue weighted by molar-refractivity contribution is 5.31. The van der Waals surface area contributed by atoms with Crippen molar-refractivity contribution < 1.29 is 9.13 Å². The number of hydrogen-bond acceptors (Lipinski definition) is 3. The minimum Gasteiger partial charge on any atom is -0.492 e. The third-order valence-corrected chi connectivity index (χ3v) is 3.14. The van der Waals surface area contributed by atoms with Gasteiger partial charge in [-0.3, -0.25) is 4.98 Å². The van der Waals surface area contributed by atoms with Gasteiger partial charge in [0.2, 0.25) is 0 Å². The van der Waals surface area contributed by atoms with Crippen LogP contribution in [0.4, 0.5) is 4.39 Å². The summed E-state index contributed by atoms with van der Waals surface area (Å²) < 4.78 is 18.7. The van der Waals surface area contributed by atoms with E-state index in [4.69, 9.17) is 10.5 Å². The molecule has 2 rings (SSSR count). The van der Waals surface area contributed by atoms with Crippen LogP contribution in [0.25, 0.3) is 0 Å². The van der Waals surface area contributed by atoms with Gasteiger partial charge in [-0.1, -0.05) is 12.1 Å². The average Bonchev–Trinajstić information content (AvgIpc) is 2.39. The van der Waals surface area contributed by atoms with E-state index < -0.39 is 5.54 Å². The van der Waals surface area contributed by atoms with Crippen LogP contribution in [0, 0.1) is 5.82 Å². The predicted molar refractivity (Wildman–Crippen MR) is 77.0 cm³/mol. The monoisotopic (exact) mass is 274 g/mol. The second-order valence-electron chi connectivity index (χ2n) is 5.07. The molecule has 0 fully saturated rings. The van der Waals surface area contributed by atoms with Gasteiger partial charge in [-0.05, 0) is 49.6 Å². The zero-order chi connectivity index (χ0) is 14.6. The van der Waals surface area contributed by atoms with Crippen LogP contribution in [0.2, 0.25) is 0 Å². The Balaban J connectivity index is 2.23. The molecule has 1 aromatic heterocycles. The highest BCUT2D eigenvalue weighted by atomic mass is 19.1. The Hall–Kier alpha value is -1.94. The highest BCUT2D eigenvalue weighted by Gasteiger charge is 2.23. The van der Waals surface area contributed by atoms with Crippen molar-refractivity contribution in [3.8, 4) is 5.75 Å². The van der Waals surface area contributed by atoms with Crippen LogP contribution in [0.3, 0.4) is 0 Å². The molecule has 3 nitrogen and oxygen atoms in total. The quantitative estimate of drug-likeness (QED) is 0.911. The van der Waals surface area contributed by atoms with Crippen LogP contribution in [0.1, 0.15) is 25.0 Å². The first-order valence-electron chi connectivity index (χ1n) is 6.63. The van der Waals surface area contributed by atoms with Crippen molar-refractivity contribution >= 4 is 0 Å². The zero-order valence-electron chi connectivity index (χ0n) is 11.8. The Bertz CT molecular complexity index is 584. The van der Waals surface area contributed by atoms with Gasteiger partial charge in [0.25, 0.3) is 0 Å². The van der Waals surface area contributed by atoms with E-state index in [0.717, 1.165) is 11.1 Å². The Kier molecular flexibility index (Phi) is 4.35. The van der Waals surface area contributed by atoms with Gasteiger partial charge in [0.05, 0.1) is 12.8 Å². The summed E-state index contributed by atoms with van der Waals surface area (Å²) in [5.41, 5.74) is 7.46. The fourth-order valence-electron chi connectivity index (χ4n) is 2.15. The van der Waals surface area contributed by atoms with E-state index in [2.05, 4.69) is 4.98 Å². The minimum absolute atomic E-state index is 0.250. The first kappa shape index (κ1) is 14.5. The van der Waals surface area contributed by atoms with Gasteiger partial charge in [0, 0.05) is 11.7 Å². The van der Waals surface area contributed by atoms with Gasteiger partial charge in [0.1, 0.15) is 11.6 Å². The van der Waals surface area contributed by atoms with Crippen LogP contribution in [-0.2, 0) is 12.0 Å². The first-order valence-corrected chi connectivity index (χ1v) is 6.63. The predicted octanol–water partition coefficient (Wildman–Crippen LogP) is 3.04. The molecular weight excluding hydrogens is 255 g/mol. The van der Waals surface area contributed by atoms with Crippen LogP contribution in [0.5, 0.6) is 5.75 Å². The maximum Gasteiger partial charge on any atom is 0.137 e. The Morgan fingerprint density at radius 2 is 2.10 bits per heavy atom. The summed E-state index contributed by atoms with van der Waals surface area (Å²) in [5, 5.41) is 0. The fourth-order valence-corrected chi connectivity index (χ4v) is 2.15. The number of halogens is 1. The van der Waals surface area contributed by atoms with Crippen LogP contribution in [-0.4, -0.2) is 11.6 Å². The minimum atomic E-state index is -0.631. The van der Waals surface area contributed by atoms with Gasteiger partial charge in [-0.2, -0.15) is 0 Å². The molecule has 4 heteroatoms. The summed E-state index contributed by atoms with van der Waals surface area (Å²) in [7, 11) is 0. The standard InChI is InChI=1S/C16H19FN2O/c1-3-20-15-8-13(10-19-11-15)16(2,18)9-12-5-4-6-14(17)7-12/h4-8,10-11H,3,9,18H2,1-2H3. The van der Waals surface area contributed by atoms with Gasteiger partial charge in [-0.25, -0.2) is 4.39 Å². The lowest BCUT2D eigenvalue weighted by atomic mass is 9.87. The van der Waals surface area contributed by atoms with E-state index in [-0.39, 0.29) is 5.82 Å². The molecule has 0 aliphatic rings. The second-order valence-corrected chi connectivity index (χ2v) is 5.07. The zero-order valence-corrected chi connectivity index (χ0v) is 11.8. The van der Waals surface area contributed by atoms with Gasteiger partial charge < -0.3 is 10.5 Å². The summed E-state index contributed by atoms with van der Waals surface area (Å²) >= 11 is 0. The van der Waals surface area contributed by atoms with Gasteiger partial charge in [0.15, 0.2) is 0 Å². The van der Waals surface area contributed by atoms with Gasteiger partial charge in [-0.15, -0.1) is 0 Å². The number of aromatic nitrogens is 1. The summed E-state index contributed by atoms with van der Waals surface area (Å²) in [6.07, 6.45) is 3.91. The summed E-state index contributed by atoms with van der Waals surface area (Å²) in [4.78, 5) is 4.15. The molecule has 0 bridgehead atoms.